The Balaban J connectivity index is 1.83. The number of nitrogens with one attached hydrogen (secondary N) is 1. The Kier molecular flexibility index (Phi) is 13.1. The number of carbonyl (C=O) groups is 2. The maximum absolute atomic E-state index is 14.6. The van der Waals surface area contributed by atoms with Crippen LogP contribution in [0.2, 0.25) is 10.0 Å². The molecule has 0 bridgehead atoms. The highest BCUT2D eigenvalue weighted by molar-refractivity contribution is 7.92. The maximum Gasteiger partial charge on any atom is 0.264 e. The SMILES string of the molecule is CCCCNC(=O)[C@H](Cc1ccccc1)N(Cc1cccc(Cl)c1)C(=O)CN(c1ccccc1OCC)S(=O)(=O)c1ccc(Cl)cc1. The van der Waals surface area contributed by atoms with E-state index in [0.717, 1.165) is 22.7 Å². The van der Waals surface area contributed by atoms with Gasteiger partial charge in [-0.2, -0.15) is 0 Å². The molecule has 0 aliphatic rings. The molecule has 0 spiro atoms. The van der Waals surface area contributed by atoms with Crippen molar-refractivity contribution in [3.8, 4) is 5.75 Å². The highest BCUT2D eigenvalue weighted by atomic mass is 35.5. The van der Waals surface area contributed by atoms with E-state index < -0.39 is 28.5 Å². The van der Waals surface area contributed by atoms with Gasteiger partial charge < -0.3 is 15.0 Å². The van der Waals surface area contributed by atoms with E-state index >= 15 is 0 Å². The molecular formula is C36H39Cl2N3O5S. The highest BCUT2D eigenvalue weighted by Crippen LogP contribution is 2.33. The first-order valence-electron chi connectivity index (χ1n) is 15.5. The Hall–Kier alpha value is -4.05. The summed E-state index contributed by atoms with van der Waals surface area (Å²) in [5.41, 5.74) is 1.72. The molecule has 4 aromatic carbocycles. The van der Waals surface area contributed by atoms with Gasteiger partial charge in [-0.15, -0.1) is 0 Å². The molecule has 0 aromatic heterocycles. The second-order valence-electron chi connectivity index (χ2n) is 10.9. The molecule has 0 saturated carbocycles. The number of carbonyl (C=O) groups excluding carboxylic acids is 2. The van der Waals surface area contributed by atoms with E-state index in [1.54, 1.807) is 49.4 Å². The van der Waals surface area contributed by atoms with Gasteiger partial charge in [0.15, 0.2) is 0 Å². The smallest absolute Gasteiger partial charge is 0.264 e. The molecule has 0 aliphatic heterocycles. The number of para-hydroxylation sites is 2. The molecule has 11 heteroatoms. The number of nitrogens with zero attached hydrogens (tertiary/aromatic N) is 2. The summed E-state index contributed by atoms with van der Waals surface area (Å²) in [6.45, 7) is 3.94. The predicted molar refractivity (Wildman–Crippen MR) is 187 cm³/mol. The van der Waals surface area contributed by atoms with Gasteiger partial charge in [0, 0.05) is 29.6 Å². The van der Waals surface area contributed by atoms with Crippen LogP contribution in [0.1, 0.15) is 37.8 Å². The zero-order valence-electron chi connectivity index (χ0n) is 26.4. The van der Waals surface area contributed by atoms with Gasteiger partial charge in [-0.25, -0.2) is 8.42 Å². The lowest BCUT2D eigenvalue weighted by Crippen LogP contribution is -2.53. The van der Waals surface area contributed by atoms with E-state index in [1.165, 1.54) is 29.2 Å². The summed E-state index contributed by atoms with van der Waals surface area (Å²) < 4.78 is 35.4. The van der Waals surface area contributed by atoms with Crippen LogP contribution in [0.4, 0.5) is 5.69 Å². The molecule has 1 atom stereocenters. The quantitative estimate of drug-likeness (QED) is 0.126. The summed E-state index contributed by atoms with van der Waals surface area (Å²) in [7, 11) is -4.32. The lowest BCUT2D eigenvalue weighted by atomic mass is 10.0. The van der Waals surface area contributed by atoms with Crippen molar-refractivity contribution in [3.63, 3.8) is 0 Å². The van der Waals surface area contributed by atoms with Gasteiger partial charge in [0.2, 0.25) is 11.8 Å². The van der Waals surface area contributed by atoms with Gasteiger partial charge >= 0.3 is 0 Å². The summed E-state index contributed by atoms with van der Waals surface area (Å²) in [6, 6.07) is 27.9. The fraction of sp³-hybridized carbons (Fsp3) is 0.278. The van der Waals surface area contributed by atoms with E-state index in [-0.39, 0.29) is 36.1 Å². The molecule has 8 nitrogen and oxygen atoms in total. The molecule has 0 aliphatic carbocycles. The minimum Gasteiger partial charge on any atom is -0.492 e. The first-order valence-corrected chi connectivity index (χ1v) is 17.7. The summed E-state index contributed by atoms with van der Waals surface area (Å²) in [4.78, 5) is 29.9. The number of sulfonamides is 1. The average Bonchev–Trinajstić information content (AvgIpc) is 3.06. The Morgan fingerprint density at radius 2 is 1.51 bits per heavy atom. The standard InChI is InChI=1S/C36H39Cl2N3O5S/c1-3-5-22-39-36(43)33(24-27-12-7-6-8-13-27)40(25-28-14-11-15-30(38)23-28)35(42)26-41(32-16-9-10-17-34(32)46-4-2)47(44,45)31-20-18-29(37)19-21-31/h6-21,23,33H,3-5,22,24-26H2,1-2H3,(H,39,43)/t33-/m0/s1. The van der Waals surface area contributed by atoms with Gasteiger partial charge in [0.05, 0.1) is 17.2 Å². The van der Waals surface area contributed by atoms with Crippen LogP contribution in [0.5, 0.6) is 5.75 Å². The molecule has 1 N–H and O–H groups in total. The van der Waals surface area contributed by atoms with Crippen LogP contribution >= 0.6 is 23.2 Å². The number of hydrogen-bond donors (Lipinski definition) is 1. The average molecular weight is 697 g/mol. The van der Waals surface area contributed by atoms with Crippen molar-refractivity contribution in [2.24, 2.45) is 0 Å². The normalized spacial score (nSPS) is 11.8. The van der Waals surface area contributed by atoms with Crippen LogP contribution < -0.4 is 14.4 Å². The summed E-state index contributed by atoms with van der Waals surface area (Å²) >= 11 is 12.4. The number of unbranched alkanes of at least 4 members (excludes halogenated alkanes) is 1. The number of halogens is 2. The molecule has 0 unspecified atom stereocenters. The second-order valence-corrected chi connectivity index (χ2v) is 13.6. The topological polar surface area (TPSA) is 96.0 Å². The van der Waals surface area contributed by atoms with Crippen LogP contribution in [0.25, 0.3) is 0 Å². The van der Waals surface area contributed by atoms with E-state index in [0.29, 0.717) is 27.9 Å². The van der Waals surface area contributed by atoms with Crippen LogP contribution in [0, 0.1) is 0 Å². The minimum atomic E-state index is -4.32. The fourth-order valence-electron chi connectivity index (χ4n) is 5.08. The van der Waals surface area contributed by atoms with Crippen molar-refractivity contribution >= 4 is 50.7 Å². The Labute approximate surface area is 287 Å². The molecule has 4 rings (SSSR count). The third-order valence-corrected chi connectivity index (χ3v) is 9.72. The first-order chi connectivity index (χ1) is 22.6. The monoisotopic (exact) mass is 695 g/mol. The van der Waals surface area contributed by atoms with Crippen LogP contribution in [0.3, 0.4) is 0 Å². The molecule has 2 amide bonds. The van der Waals surface area contributed by atoms with Crippen LogP contribution in [0.15, 0.2) is 108 Å². The molecular weight excluding hydrogens is 657 g/mol. The minimum absolute atomic E-state index is 0.0139. The van der Waals surface area contributed by atoms with Gasteiger partial charge in [0.1, 0.15) is 18.3 Å². The molecule has 0 fully saturated rings. The highest BCUT2D eigenvalue weighted by Gasteiger charge is 2.35. The van der Waals surface area contributed by atoms with Crippen molar-refractivity contribution in [3.05, 3.63) is 124 Å². The largest absolute Gasteiger partial charge is 0.492 e. The predicted octanol–water partition coefficient (Wildman–Crippen LogP) is 7.14. The van der Waals surface area contributed by atoms with Crippen molar-refractivity contribution in [1.82, 2.24) is 10.2 Å². The third kappa shape index (κ3) is 9.73. The van der Waals surface area contributed by atoms with Crippen LogP contribution in [-0.4, -0.2) is 50.9 Å². The number of amides is 2. The lowest BCUT2D eigenvalue weighted by molar-refractivity contribution is -0.140. The number of rotatable bonds is 16. The number of ether oxygens (including phenoxy) is 1. The number of hydrogen-bond acceptors (Lipinski definition) is 5. The van der Waals surface area contributed by atoms with Crippen molar-refractivity contribution in [2.75, 3.05) is 24.0 Å². The summed E-state index contributed by atoms with van der Waals surface area (Å²) in [5, 5.41) is 3.82. The lowest BCUT2D eigenvalue weighted by Gasteiger charge is -2.34. The number of benzene rings is 4. The zero-order valence-corrected chi connectivity index (χ0v) is 28.8. The Morgan fingerprint density at radius 1 is 0.830 bits per heavy atom. The van der Waals surface area contributed by atoms with E-state index in [4.69, 9.17) is 27.9 Å². The Bertz CT molecular complexity index is 1740. The van der Waals surface area contributed by atoms with Crippen molar-refractivity contribution in [1.29, 1.82) is 0 Å². The van der Waals surface area contributed by atoms with Gasteiger partial charge in [-0.05, 0) is 73.0 Å². The van der Waals surface area contributed by atoms with Crippen LogP contribution in [-0.2, 0) is 32.6 Å². The fourth-order valence-corrected chi connectivity index (χ4v) is 6.84. The molecule has 0 radical (unpaired) electrons. The van der Waals surface area contributed by atoms with Gasteiger partial charge in [-0.1, -0.05) is 91.1 Å². The van der Waals surface area contributed by atoms with Gasteiger partial charge in [0.25, 0.3) is 10.0 Å². The molecule has 47 heavy (non-hydrogen) atoms. The maximum atomic E-state index is 14.6. The van der Waals surface area contributed by atoms with Crippen molar-refractivity contribution in [2.45, 2.75) is 50.6 Å². The zero-order chi connectivity index (χ0) is 33.8. The molecule has 4 aromatic rings. The van der Waals surface area contributed by atoms with E-state index in [9.17, 15) is 18.0 Å². The summed E-state index contributed by atoms with van der Waals surface area (Å²) in [6.07, 6.45) is 1.86. The van der Waals surface area contributed by atoms with E-state index in [1.807, 2.05) is 43.3 Å². The van der Waals surface area contributed by atoms with Gasteiger partial charge in [-0.3, -0.25) is 13.9 Å². The first kappa shape index (κ1) is 35.8. The summed E-state index contributed by atoms with van der Waals surface area (Å²) in [5.74, 6) is -0.625. The Morgan fingerprint density at radius 3 is 2.19 bits per heavy atom. The van der Waals surface area contributed by atoms with Crippen molar-refractivity contribution < 1.29 is 22.7 Å². The van der Waals surface area contributed by atoms with E-state index in [2.05, 4.69) is 5.32 Å². The molecule has 0 heterocycles. The molecule has 248 valence electrons. The number of anilines is 1. The second kappa shape index (κ2) is 17.2. The third-order valence-electron chi connectivity index (χ3n) is 7.46. The molecule has 0 saturated heterocycles.